The Morgan fingerprint density at radius 2 is 1.86 bits per heavy atom. The zero-order valence-corrected chi connectivity index (χ0v) is 11.9. The Bertz CT molecular complexity index is 856. The van der Waals surface area contributed by atoms with Crippen LogP contribution in [0.5, 0.6) is 17.2 Å². The highest BCUT2D eigenvalue weighted by Crippen LogP contribution is 2.48. The summed E-state index contributed by atoms with van der Waals surface area (Å²) in [4.78, 5) is 0. The molecule has 0 saturated heterocycles. The van der Waals surface area contributed by atoms with Crippen LogP contribution in [0.2, 0.25) is 0 Å². The van der Waals surface area contributed by atoms with Gasteiger partial charge in [-0.15, -0.1) is 0 Å². The number of methoxy groups -OCH3 is 1. The average Bonchev–Trinajstić information content (AvgIpc) is 3.01. The third-order valence-corrected chi connectivity index (χ3v) is 3.82. The summed E-state index contributed by atoms with van der Waals surface area (Å²) in [6.07, 6.45) is 0. The first-order chi connectivity index (χ1) is 10.8. The molecule has 110 valence electrons. The molecule has 4 rings (SSSR count). The van der Waals surface area contributed by atoms with Gasteiger partial charge in [0.15, 0.2) is 11.5 Å². The predicted octanol–water partition coefficient (Wildman–Crippen LogP) is 4.38. The van der Waals surface area contributed by atoms with Crippen LogP contribution in [0, 0.1) is 5.82 Å². The Morgan fingerprint density at radius 3 is 2.64 bits per heavy atom. The van der Waals surface area contributed by atoms with Crippen molar-refractivity contribution >= 4 is 10.8 Å². The second-order valence-electron chi connectivity index (χ2n) is 5.05. The van der Waals surface area contributed by atoms with E-state index in [0.29, 0.717) is 11.5 Å². The van der Waals surface area contributed by atoms with E-state index in [9.17, 15) is 4.39 Å². The molecule has 0 N–H and O–H groups in total. The minimum atomic E-state index is -0.273. The average molecular weight is 296 g/mol. The predicted molar refractivity (Wildman–Crippen MR) is 82.0 cm³/mol. The number of halogens is 1. The normalized spacial score (nSPS) is 12.6. The largest absolute Gasteiger partial charge is 0.496 e. The molecule has 0 saturated carbocycles. The number of hydrogen-bond acceptors (Lipinski definition) is 3. The highest BCUT2D eigenvalue weighted by molar-refractivity contribution is 6.05. The summed E-state index contributed by atoms with van der Waals surface area (Å²) >= 11 is 0. The first-order valence-electron chi connectivity index (χ1n) is 6.93. The highest BCUT2D eigenvalue weighted by Gasteiger charge is 2.23. The van der Waals surface area contributed by atoms with E-state index in [1.165, 1.54) is 12.1 Å². The first kappa shape index (κ1) is 13.0. The van der Waals surface area contributed by atoms with Gasteiger partial charge in [0, 0.05) is 10.9 Å². The molecule has 0 aliphatic carbocycles. The number of hydrogen-bond donors (Lipinski definition) is 0. The summed E-state index contributed by atoms with van der Waals surface area (Å²) in [5.74, 6) is 1.84. The van der Waals surface area contributed by atoms with Gasteiger partial charge in [0.25, 0.3) is 0 Å². The van der Waals surface area contributed by atoms with Gasteiger partial charge in [-0.25, -0.2) is 4.39 Å². The van der Waals surface area contributed by atoms with Crippen molar-refractivity contribution < 1.29 is 18.6 Å². The fourth-order valence-corrected chi connectivity index (χ4v) is 2.84. The molecule has 0 unspecified atom stereocenters. The van der Waals surface area contributed by atoms with E-state index in [4.69, 9.17) is 14.2 Å². The van der Waals surface area contributed by atoms with Gasteiger partial charge in [-0.3, -0.25) is 0 Å². The van der Waals surface area contributed by atoms with Gasteiger partial charge in [-0.05, 0) is 35.2 Å². The lowest BCUT2D eigenvalue weighted by Crippen LogP contribution is -1.94. The maximum atomic E-state index is 13.3. The van der Waals surface area contributed by atoms with Crippen LogP contribution in [0.4, 0.5) is 4.39 Å². The quantitative estimate of drug-likeness (QED) is 0.702. The molecule has 22 heavy (non-hydrogen) atoms. The molecular formula is C18H13FO3. The van der Waals surface area contributed by atoms with Crippen LogP contribution in [0.15, 0.2) is 48.5 Å². The van der Waals surface area contributed by atoms with Gasteiger partial charge in [-0.1, -0.05) is 24.3 Å². The monoisotopic (exact) mass is 296 g/mol. The van der Waals surface area contributed by atoms with Crippen molar-refractivity contribution in [2.45, 2.75) is 0 Å². The molecule has 0 bridgehead atoms. The van der Waals surface area contributed by atoms with Crippen LogP contribution in [-0.4, -0.2) is 13.9 Å². The minimum Gasteiger partial charge on any atom is -0.496 e. The lowest BCUT2D eigenvalue weighted by atomic mass is 9.96. The van der Waals surface area contributed by atoms with Gasteiger partial charge < -0.3 is 14.2 Å². The Kier molecular flexibility index (Phi) is 2.89. The summed E-state index contributed by atoms with van der Waals surface area (Å²) in [6.45, 7) is 0.183. The maximum Gasteiger partial charge on any atom is 0.231 e. The van der Waals surface area contributed by atoms with E-state index in [1.54, 1.807) is 19.2 Å². The lowest BCUT2D eigenvalue weighted by molar-refractivity contribution is 0.174. The Hall–Kier alpha value is -2.75. The Morgan fingerprint density at radius 1 is 1.05 bits per heavy atom. The second kappa shape index (κ2) is 4.91. The van der Waals surface area contributed by atoms with E-state index in [0.717, 1.165) is 27.6 Å². The van der Waals surface area contributed by atoms with Crippen molar-refractivity contribution in [1.82, 2.24) is 0 Å². The van der Waals surface area contributed by atoms with E-state index in [2.05, 4.69) is 0 Å². The van der Waals surface area contributed by atoms with E-state index < -0.39 is 0 Å². The summed E-state index contributed by atoms with van der Waals surface area (Å²) < 4.78 is 29.9. The van der Waals surface area contributed by atoms with E-state index in [-0.39, 0.29) is 12.6 Å². The van der Waals surface area contributed by atoms with Crippen LogP contribution in [-0.2, 0) is 0 Å². The smallest absolute Gasteiger partial charge is 0.231 e. The molecule has 1 heterocycles. The van der Waals surface area contributed by atoms with Crippen molar-refractivity contribution in [3.05, 3.63) is 54.3 Å². The maximum absolute atomic E-state index is 13.3. The van der Waals surface area contributed by atoms with E-state index in [1.807, 2.05) is 24.3 Å². The van der Waals surface area contributed by atoms with Crippen LogP contribution >= 0.6 is 0 Å². The van der Waals surface area contributed by atoms with Gasteiger partial charge in [0.2, 0.25) is 6.79 Å². The summed E-state index contributed by atoms with van der Waals surface area (Å²) in [5.41, 5.74) is 1.72. The molecule has 1 aliphatic rings. The van der Waals surface area contributed by atoms with Gasteiger partial charge in [0.1, 0.15) is 11.6 Å². The standard InChI is InChI=1S/C18H13FO3/c1-20-14-4-2-3-12-9-15-18(22-10-21-15)17(16(12)14)11-5-7-13(19)8-6-11/h2-9H,10H2,1H3. The molecule has 0 atom stereocenters. The Balaban J connectivity index is 2.12. The molecule has 0 radical (unpaired) electrons. The summed E-state index contributed by atoms with van der Waals surface area (Å²) in [5, 5.41) is 1.92. The molecule has 0 fully saturated rings. The number of benzene rings is 3. The number of fused-ring (bicyclic) bond motifs is 2. The highest BCUT2D eigenvalue weighted by atomic mass is 19.1. The molecule has 0 amide bonds. The molecule has 3 nitrogen and oxygen atoms in total. The third kappa shape index (κ3) is 1.88. The van der Waals surface area contributed by atoms with Crippen molar-refractivity contribution in [3.8, 4) is 28.4 Å². The fraction of sp³-hybridized carbons (Fsp3) is 0.111. The lowest BCUT2D eigenvalue weighted by Gasteiger charge is -2.14. The molecule has 3 aromatic rings. The minimum absolute atomic E-state index is 0.183. The third-order valence-electron chi connectivity index (χ3n) is 3.82. The summed E-state index contributed by atoms with van der Waals surface area (Å²) in [7, 11) is 1.63. The SMILES string of the molecule is COc1cccc2cc3c(c(-c4ccc(F)cc4)c12)OCO3. The molecule has 1 aliphatic heterocycles. The van der Waals surface area contributed by atoms with Crippen LogP contribution in [0.1, 0.15) is 0 Å². The van der Waals surface area contributed by atoms with E-state index >= 15 is 0 Å². The molecule has 0 aromatic heterocycles. The zero-order valence-electron chi connectivity index (χ0n) is 11.9. The van der Waals surface area contributed by atoms with Gasteiger partial charge >= 0.3 is 0 Å². The molecular weight excluding hydrogens is 283 g/mol. The van der Waals surface area contributed by atoms with Crippen LogP contribution in [0.3, 0.4) is 0 Å². The summed E-state index contributed by atoms with van der Waals surface area (Å²) in [6, 6.07) is 14.1. The van der Waals surface area contributed by atoms with Gasteiger partial charge in [-0.2, -0.15) is 0 Å². The van der Waals surface area contributed by atoms with Gasteiger partial charge in [0.05, 0.1) is 7.11 Å². The zero-order chi connectivity index (χ0) is 15.1. The Labute approximate surface area is 126 Å². The van der Waals surface area contributed by atoms with Crippen molar-refractivity contribution in [1.29, 1.82) is 0 Å². The number of ether oxygens (including phenoxy) is 3. The van der Waals surface area contributed by atoms with Crippen LogP contribution in [0.25, 0.3) is 21.9 Å². The molecule has 4 heteroatoms. The first-order valence-corrected chi connectivity index (χ1v) is 6.93. The van der Waals surface area contributed by atoms with Crippen molar-refractivity contribution in [2.75, 3.05) is 13.9 Å². The number of rotatable bonds is 2. The second-order valence-corrected chi connectivity index (χ2v) is 5.05. The van der Waals surface area contributed by atoms with Crippen molar-refractivity contribution in [2.24, 2.45) is 0 Å². The van der Waals surface area contributed by atoms with Crippen LogP contribution < -0.4 is 14.2 Å². The van der Waals surface area contributed by atoms with Crippen molar-refractivity contribution in [3.63, 3.8) is 0 Å². The topological polar surface area (TPSA) is 27.7 Å². The molecule has 0 spiro atoms. The molecule has 3 aromatic carbocycles. The fourth-order valence-electron chi connectivity index (χ4n) is 2.84.